The van der Waals surface area contributed by atoms with Crippen LogP contribution < -0.4 is 5.56 Å². The first-order valence-corrected chi connectivity index (χ1v) is 9.12. The highest BCUT2D eigenvalue weighted by Gasteiger charge is 2.23. The average Bonchev–Trinajstić information content (AvgIpc) is 3.02. The minimum absolute atomic E-state index is 0.101. The van der Waals surface area contributed by atoms with Gasteiger partial charge < -0.3 is 0 Å². The van der Waals surface area contributed by atoms with E-state index >= 15 is 0 Å². The van der Waals surface area contributed by atoms with Crippen molar-refractivity contribution < 1.29 is 0 Å². The molecule has 4 rings (SSSR count). The fourth-order valence-electron chi connectivity index (χ4n) is 3.06. The quantitative estimate of drug-likeness (QED) is 0.602. The average molecular weight is 387 g/mol. The molecule has 3 nitrogen and oxygen atoms in total. The van der Waals surface area contributed by atoms with Gasteiger partial charge in [-0.1, -0.05) is 28.1 Å². The molecule has 0 N–H and O–H groups in total. The number of rotatable bonds is 1. The van der Waals surface area contributed by atoms with E-state index < -0.39 is 0 Å². The fraction of sp³-hybridized carbons (Fsp3) is 0.222. The molecule has 0 radical (unpaired) electrons. The van der Waals surface area contributed by atoms with E-state index in [1.54, 1.807) is 11.3 Å². The third kappa shape index (κ3) is 2.39. The van der Waals surface area contributed by atoms with Gasteiger partial charge in [0.25, 0.3) is 5.56 Å². The molecule has 23 heavy (non-hydrogen) atoms. The van der Waals surface area contributed by atoms with Crippen LogP contribution in [0.25, 0.3) is 21.9 Å². The van der Waals surface area contributed by atoms with Crippen LogP contribution in [-0.2, 0) is 6.54 Å². The Balaban J connectivity index is 1.92. The van der Waals surface area contributed by atoms with Crippen molar-refractivity contribution in [3.63, 3.8) is 0 Å². The van der Waals surface area contributed by atoms with Crippen molar-refractivity contribution in [1.82, 2.24) is 9.55 Å². The lowest BCUT2D eigenvalue weighted by Crippen LogP contribution is -2.20. The molecule has 2 aromatic heterocycles. The van der Waals surface area contributed by atoms with E-state index in [0.717, 1.165) is 43.6 Å². The highest BCUT2D eigenvalue weighted by Crippen LogP contribution is 2.32. The molecule has 1 aliphatic heterocycles. The van der Waals surface area contributed by atoms with Gasteiger partial charge in [0.1, 0.15) is 10.7 Å². The molecule has 0 bridgehead atoms. The Morgan fingerprint density at radius 3 is 2.96 bits per heavy atom. The molecule has 0 amide bonds. The van der Waals surface area contributed by atoms with Gasteiger partial charge in [0.15, 0.2) is 0 Å². The van der Waals surface area contributed by atoms with Gasteiger partial charge in [0.05, 0.1) is 5.39 Å². The summed E-state index contributed by atoms with van der Waals surface area (Å²) >= 11 is 5.11. The Morgan fingerprint density at radius 1 is 1.35 bits per heavy atom. The van der Waals surface area contributed by atoms with E-state index in [4.69, 9.17) is 4.98 Å². The molecule has 0 unspecified atom stereocenters. The number of fused-ring (bicyclic) bond motifs is 2. The molecule has 3 heterocycles. The maximum absolute atomic E-state index is 12.8. The zero-order valence-electron chi connectivity index (χ0n) is 12.9. The highest BCUT2D eigenvalue weighted by atomic mass is 79.9. The van der Waals surface area contributed by atoms with Gasteiger partial charge in [0.2, 0.25) is 0 Å². The van der Waals surface area contributed by atoms with E-state index in [9.17, 15) is 4.79 Å². The summed E-state index contributed by atoms with van der Waals surface area (Å²) < 4.78 is 2.88. The minimum Gasteiger partial charge on any atom is -0.292 e. The summed E-state index contributed by atoms with van der Waals surface area (Å²) in [6, 6.07) is 8.16. The number of thiophene rings is 1. The maximum atomic E-state index is 12.8. The lowest BCUT2D eigenvalue weighted by Gasteiger charge is -2.03. The van der Waals surface area contributed by atoms with E-state index in [1.807, 2.05) is 23.6 Å². The van der Waals surface area contributed by atoms with Gasteiger partial charge in [-0.15, -0.1) is 11.3 Å². The maximum Gasteiger partial charge on any atom is 0.262 e. The molecular formula is C18H15BrN2OS. The molecule has 1 aromatic carbocycles. The second-order valence-electron chi connectivity index (χ2n) is 5.83. The summed E-state index contributed by atoms with van der Waals surface area (Å²) in [7, 11) is 0. The monoisotopic (exact) mass is 386 g/mol. The predicted molar refractivity (Wildman–Crippen MR) is 100.0 cm³/mol. The molecular weight excluding hydrogens is 372 g/mol. The Bertz CT molecular complexity index is 1030. The number of halogens is 1. The van der Waals surface area contributed by atoms with Gasteiger partial charge in [-0.05, 0) is 55.2 Å². The number of allylic oxidation sites excluding steroid dienone is 1. The second kappa shape index (κ2) is 5.42. The van der Waals surface area contributed by atoms with Crippen LogP contribution in [0.5, 0.6) is 0 Å². The van der Waals surface area contributed by atoms with Crippen LogP contribution in [-0.4, -0.2) is 9.55 Å². The van der Waals surface area contributed by atoms with Crippen molar-refractivity contribution in [1.29, 1.82) is 0 Å². The molecule has 0 spiro atoms. The SMILES string of the molecule is Cc1sc2nc3n(c(=O)c2c1C)CCC3=Cc1cccc(Br)c1. The Kier molecular flexibility index (Phi) is 3.50. The van der Waals surface area contributed by atoms with Crippen molar-refractivity contribution >= 4 is 49.1 Å². The third-order valence-corrected chi connectivity index (χ3v) is 5.96. The minimum atomic E-state index is 0.101. The number of hydrogen-bond donors (Lipinski definition) is 0. The van der Waals surface area contributed by atoms with Crippen LogP contribution in [0.2, 0.25) is 0 Å². The number of aryl methyl sites for hydroxylation is 2. The highest BCUT2D eigenvalue weighted by molar-refractivity contribution is 9.10. The van der Waals surface area contributed by atoms with Gasteiger partial charge >= 0.3 is 0 Å². The summed E-state index contributed by atoms with van der Waals surface area (Å²) in [5.41, 5.74) is 3.42. The van der Waals surface area contributed by atoms with Crippen LogP contribution in [0.1, 0.15) is 28.2 Å². The third-order valence-electron chi connectivity index (χ3n) is 4.37. The van der Waals surface area contributed by atoms with Gasteiger partial charge in [-0.3, -0.25) is 9.36 Å². The van der Waals surface area contributed by atoms with Crippen molar-refractivity contribution in [3.8, 4) is 0 Å². The van der Waals surface area contributed by atoms with Gasteiger partial charge in [0, 0.05) is 15.9 Å². The lowest BCUT2D eigenvalue weighted by molar-refractivity contribution is 0.726. The predicted octanol–water partition coefficient (Wildman–Crippen LogP) is 4.78. The van der Waals surface area contributed by atoms with Crippen LogP contribution in [0.3, 0.4) is 0 Å². The molecule has 5 heteroatoms. The molecule has 1 aliphatic rings. The normalized spacial score (nSPS) is 15.5. The zero-order valence-corrected chi connectivity index (χ0v) is 15.3. The molecule has 0 atom stereocenters. The molecule has 3 aromatic rings. The molecule has 116 valence electrons. The molecule has 0 saturated heterocycles. The topological polar surface area (TPSA) is 34.9 Å². The Labute approximate surface area is 146 Å². The van der Waals surface area contributed by atoms with Crippen LogP contribution in [0.4, 0.5) is 0 Å². The van der Waals surface area contributed by atoms with Crippen molar-refractivity contribution in [3.05, 3.63) is 60.9 Å². The molecule has 0 fully saturated rings. The standard InChI is InChI=1S/C18H15BrN2OS/c1-10-11(2)23-17-15(10)18(22)21-7-6-13(16(21)20-17)8-12-4-3-5-14(19)9-12/h3-5,8-9H,6-7H2,1-2H3. The van der Waals surface area contributed by atoms with E-state index in [-0.39, 0.29) is 5.56 Å². The number of nitrogens with zero attached hydrogens (tertiary/aromatic N) is 2. The van der Waals surface area contributed by atoms with Crippen LogP contribution in [0.15, 0.2) is 33.5 Å². The molecule has 0 saturated carbocycles. The first kappa shape index (κ1) is 14.8. The summed E-state index contributed by atoms with van der Waals surface area (Å²) in [5, 5.41) is 0.792. The fourth-order valence-corrected chi connectivity index (χ4v) is 4.49. The Morgan fingerprint density at radius 2 is 2.17 bits per heavy atom. The van der Waals surface area contributed by atoms with Gasteiger partial charge in [-0.25, -0.2) is 4.98 Å². The van der Waals surface area contributed by atoms with Crippen molar-refractivity contribution in [2.24, 2.45) is 0 Å². The largest absolute Gasteiger partial charge is 0.292 e. The van der Waals surface area contributed by atoms with Crippen LogP contribution in [0, 0.1) is 13.8 Å². The van der Waals surface area contributed by atoms with Crippen molar-refractivity contribution in [2.45, 2.75) is 26.8 Å². The van der Waals surface area contributed by atoms with E-state index in [1.165, 1.54) is 4.88 Å². The number of benzene rings is 1. The lowest BCUT2D eigenvalue weighted by atomic mass is 10.1. The first-order chi connectivity index (χ1) is 11.0. The van der Waals surface area contributed by atoms with Crippen LogP contribution >= 0.6 is 27.3 Å². The Hall–Kier alpha value is -1.72. The first-order valence-electron chi connectivity index (χ1n) is 7.51. The van der Waals surface area contributed by atoms with E-state index in [0.29, 0.717) is 6.54 Å². The summed E-state index contributed by atoms with van der Waals surface area (Å²) in [4.78, 5) is 19.6. The summed E-state index contributed by atoms with van der Waals surface area (Å²) in [6.07, 6.45) is 2.99. The second-order valence-corrected chi connectivity index (χ2v) is 7.95. The zero-order chi connectivity index (χ0) is 16.1. The number of hydrogen-bond acceptors (Lipinski definition) is 3. The smallest absolute Gasteiger partial charge is 0.262 e. The summed E-state index contributed by atoms with van der Waals surface area (Å²) in [6.45, 7) is 4.78. The molecule has 0 aliphatic carbocycles. The van der Waals surface area contributed by atoms with E-state index in [2.05, 4.69) is 41.1 Å². The van der Waals surface area contributed by atoms with Crippen molar-refractivity contribution in [2.75, 3.05) is 0 Å². The van der Waals surface area contributed by atoms with Gasteiger partial charge in [-0.2, -0.15) is 0 Å². The summed E-state index contributed by atoms with van der Waals surface area (Å²) in [5.74, 6) is 0.823. The number of aromatic nitrogens is 2.